The van der Waals surface area contributed by atoms with Crippen molar-refractivity contribution in [3.05, 3.63) is 24.3 Å². The van der Waals surface area contributed by atoms with Gasteiger partial charge >= 0.3 is 0 Å². The van der Waals surface area contributed by atoms with Crippen LogP contribution in [0.3, 0.4) is 0 Å². The Labute approximate surface area is 137 Å². The van der Waals surface area contributed by atoms with Gasteiger partial charge in [-0.05, 0) is 40.8 Å². The second-order valence-corrected chi connectivity index (χ2v) is 8.64. The van der Waals surface area contributed by atoms with Gasteiger partial charge < -0.3 is 5.11 Å². The van der Waals surface area contributed by atoms with Crippen LogP contribution in [0.25, 0.3) is 10.2 Å². The van der Waals surface area contributed by atoms with Crippen molar-refractivity contribution in [1.29, 1.82) is 0 Å². The Morgan fingerprint density at radius 3 is 2.76 bits per heavy atom. The quantitative estimate of drug-likeness (QED) is 0.666. The van der Waals surface area contributed by atoms with Gasteiger partial charge in [0.05, 0.1) is 16.3 Å². The van der Waals surface area contributed by atoms with E-state index in [9.17, 15) is 5.11 Å². The van der Waals surface area contributed by atoms with Gasteiger partial charge in [-0.15, -0.1) is 11.3 Å². The predicted octanol–water partition coefficient (Wildman–Crippen LogP) is 2.95. The molecule has 1 atom stereocenters. The molecule has 1 aliphatic rings. The Hall–Kier alpha value is -0.310. The molecule has 1 fully saturated rings. The third kappa shape index (κ3) is 4.34. The van der Waals surface area contributed by atoms with Crippen LogP contribution in [0.1, 0.15) is 6.92 Å². The minimum absolute atomic E-state index is 0.235. The summed E-state index contributed by atoms with van der Waals surface area (Å²) < 4.78 is 4.75. The van der Waals surface area contributed by atoms with Crippen LogP contribution in [0.5, 0.6) is 0 Å². The molecule has 0 saturated carbocycles. The number of nitrogens with zero attached hydrogens (tertiary/aromatic N) is 3. The van der Waals surface area contributed by atoms with Crippen molar-refractivity contribution in [3.8, 4) is 0 Å². The minimum Gasteiger partial charge on any atom is -0.392 e. The van der Waals surface area contributed by atoms with E-state index in [0.29, 0.717) is 0 Å². The molecule has 1 aliphatic heterocycles. The van der Waals surface area contributed by atoms with Crippen LogP contribution in [0.15, 0.2) is 28.6 Å². The number of aliphatic hydroxyl groups is 1. The first-order valence-corrected chi connectivity index (χ1v) is 9.98. The van der Waals surface area contributed by atoms with Gasteiger partial charge in [0.15, 0.2) is 4.34 Å². The van der Waals surface area contributed by atoms with E-state index in [-0.39, 0.29) is 6.10 Å². The maximum atomic E-state index is 9.42. The van der Waals surface area contributed by atoms with E-state index >= 15 is 0 Å². The van der Waals surface area contributed by atoms with Gasteiger partial charge in [0.1, 0.15) is 0 Å². The summed E-state index contributed by atoms with van der Waals surface area (Å²) in [5.41, 5.74) is 1.09. The van der Waals surface area contributed by atoms with Crippen molar-refractivity contribution < 1.29 is 5.11 Å². The van der Waals surface area contributed by atoms with Crippen LogP contribution in [0.4, 0.5) is 0 Å². The zero-order valence-electron chi connectivity index (χ0n) is 11.9. The highest BCUT2D eigenvalue weighted by molar-refractivity contribution is 8.76. The molecular weight excluding hydrogens is 322 g/mol. The molecule has 1 aromatic carbocycles. The molecule has 0 radical (unpaired) electrons. The average molecular weight is 342 g/mol. The minimum atomic E-state index is -0.235. The van der Waals surface area contributed by atoms with Crippen molar-refractivity contribution in [1.82, 2.24) is 14.2 Å². The largest absolute Gasteiger partial charge is 0.392 e. The fourth-order valence-electron chi connectivity index (χ4n) is 2.33. The number of β-amino-alcohol motifs (C(OH)–C–C–N with tert-alkyl or cyclic N) is 1. The van der Waals surface area contributed by atoms with E-state index < -0.39 is 0 Å². The first-order chi connectivity index (χ1) is 10.2. The highest BCUT2D eigenvalue weighted by atomic mass is 33.1. The Balaban J connectivity index is 1.48. The summed E-state index contributed by atoms with van der Waals surface area (Å²) in [6.07, 6.45) is -0.235. The van der Waals surface area contributed by atoms with Crippen molar-refractivity contribution in [2.45, 2.75) is 17.4 Å². The van der Waals surface area contributed by atoms with Crippen molar-refractivity contribution in [3.63, 3.8) is 0 Å². The van der Waals surface area contributed by atoms with Gasteiger partial charge in [0, 0.05) is 32.7 Å². The summed E-state index contributed by atoms with van der Waals surface area (Å²) in [6.45, 7) is 6.76. The second-order valence-electron chi connectivity index (χ2n) is 5.18. The van der Waals surface area contributed by atoms with Crippen LogP contribution >= 0.6 is 33.1 Å². The predicted molar refractivity (Wildman–Crippen MR) is 92.8 cm³/mol. The summed E-state index contributed by atoms with van der Waals surface area (Å²) in [5.74, 6) is 0. The Bertz CT molecular complexity index is 549. The third-order valence-corrected chi connectivity index (χ3v) is 7.20. The third-order valence-electron chi connectivity index (χ3n) is 3.34. The standard InChI is InChI=1S/C14H19N3OS3/c1-11(18)10-16-6-8-17(9-7-16)21-20-14-15-12-4-2-3-5-13(12)19-14/h2-5,11,18H,6-10H2,1H3/t11-/m1/s1. The first kappa shape index (κ1) is 15.6. The number of para-hydroxylation sites is 1. The van der Waals surface area contributed by atoms with Crippen LogP contribution in [-0.2, 0) is 0 Å². The molecule has 1 N–H and O–H groups in total. The molecule has 2 heterocycles. The molecule has 0 spiro atoms. The second kappa shape index (κ2) is 7.30. The van der Waals surface area contributed by atoms with E-state index in [1.165, 1.54) is 4.70 Å². The van der Waals surface area contributed by atoms with Gasteiger partial charge in [-0.3, -0.25) is 4.90 Å². The van der Waals surface area contributed by atoms with Crippen LogP contribution < -0.4 is 0 Å². The molecule has 0 amide bonds. The molecular formula is C14H19N3OS3. The number of fused-ring (bicyclic) bond motifs is 1. The highest BCUT2D eigenvalue weighted by Gasteiger charge is 2.19. The lowest BCUT2D eigenvalue weighted by molar-refractivity contribution is 0.105. The molecule has 114 valence electrons. The lowest BCUT2D eigenvalue weighted by Gasteiger charge is -2.33. The van der Waals surface area contributed by atoms with Crippen molar-refractivity contribution in [2.75, 3.05) is 32.7 Å². The van der Waals surface area contributed by atoms with Gasteiger partial charge in [0.2, 0.25) is 0 Å². The maximum Gasteiger partial charge on any atom is 0.162 e. The molecule has 7 heteroatoms. The average Bonchev–Trinajstić information content (AvgIpc) is 2.89. The SMILES string of the molecule is C[C@@H](O)CN1CCN(SSc2nc3ccccc3s2)CC1. The van der Waals surface area contributed by atoms with Crippen LogP contribution in [-0.4, -0.2) is 58.1 Å². The lowest BCUT2D eigenvalue weighted by atomic mass is 10.3. The monoisotopic (exact) mass is 341 g/mol. The number of piperazine rings is 1. The normalized spacial score (nSPS) is 19.1. The fourth-order valence-corrected chi connectivity index (χ4v) is 5.70. The molecule has 0 unspecified atom stereocenters. The van der Waals surface area contributed by atoms with Gasteiger partial charge in [-0.25, -0.2) is 9.29 Å². The summed E-state index contributed by atoms with van der Waals surface area (Å²) in [5, 5.41) is 9.42. The molecule has 21 heavy (non-hydrogen) atoms. The zero-order valence-corrected chi connectivity index (χ0v) is 14.4. The molecule has 1 saturated heterocycles. The number of thiazole rings is 1. The van der Waals surface area contributed by atoms with Gasteiger partial charge in [-0.1, -0.05) is 12.1 Å². The van der Waals surface area contributed by atoms with Gasteiger partial charge in [-0.2, -0.15) is 0 Å². The Morgan fingerprint density at radius 1 is 1.29 bits per heavy atom. The number of hydrogen-bond acceptors (Lipinski definition) is 7. The summed E-state index contributed by atoms with van der Waals surface area (Å²) in [7, 11) is 3.55. The summed E-state index contributed by atoms with van der Waals surface area (Å²) in [6, 6.07) is 8.28. The molecule has 1 aromatic heterocycles. The molecule has 2 aromatic rings. The highest BCUT2D eigenvalue weighted by Crippen LogP contribution is 2.38. The molecule has 0 aliphatic carbocycles. The van der Waals surface area contributed by atoms with Gasteiger partial charge in [0.25, 0.3) is 0 Å². The van der Waals surface area contributed by atoms with E-state index in [1.807, 2.05) is 13.0 Å². The lowest BCUT2D eigenvalue weighted by Crippen LogP contribution is -2.45. The molecule has 4 nitrogen and oxygen atoms in total. The topological polar surface area (TPSA) is 39.6 Å². The Morgan fingerprint density at radius 2 is 2.05 bits per heavy atom. The van der Waals surface area contributed by atoms with Crippen molar-refractivity contribution in [2.24, 2.45) is 0 Å². The zero-order chi connectivity index (χ0) is 14.7. The molecule has 3 rings (SSSR count). The number of benzene rings is 1. The Kier molecular flexibility index (Phi) is 5.42. The molecule has 0 bridgehead atoms. The number of hydrogen-bond donors (Lipinski definition) is 1. The smallest absolute Gasteiger partial charge is 0.162 e. The number of aliphatic hydroxyl groups excluding tert-OH is 1. The summed E-state index contributed by atoms with van der Waals surface area (Å²) in [4.78, 5) is 6.97. The van der Waals surface area contributed by atoms with Crippen molar-refractivity contribution >= 4 is 43.3 Å². The first-order valence-electron chi connectivity index (χ1n) is 7.06. The maximum absolute atomic E-state index is 9.42. The van der Waals surface area contributed by atoms with E-state index in [1.54, 1.807) is 33.1 Å². The van der Waals surface area contributed by atoms with E-state index in [0.717, 1.165) is 42.6 Å². The number of rotatable bonds is 5. The fraction of sp³-hybridized carbons (Fsp3) is 0.500. The van der Waals surface area contributed by atoms with E-state index in [4.69, 9.17) is 0 Å². The summed E-state index contributed by atoms with van der Waals surface area (Å²) >= 11 is 1.76. The van der Waals surface area contributed by atoms with Crippen LogP contribution in [0, 0.1) is 0 Å². The number of aromatic nitrogens is 1. The van der Waals surface area contributed by atoms with Crippen LogP contribution in [0.2, 0.25) is 0 Å². The van der Waals surface area contributed by atoms with E-state index in [2.05, 4.69) is 32.4 Å².